The number of hydrogen-bond donors (Lipinski definition) is 1. The number of aryl methyl sites for hydroxylation is 1. The Bertz CT molecular complexity index is 1800. The molecule has 4 rings (SSSR count). The highest BCUT2D eigenvalue weighted by Gasteiger charge is 2.35. The summed E-state index contributed by atoms with van der Waals surface area (Å²) in [4.78, 5) is 30.1. The Morgan fingerprint density at radius 3 is 2.12 bits per heavy atom. The summed E-state index contributed by atoms with van der Waals surface area (Å²) >= 11 is 3.51. The van der Waals surface area contributed by atoms with Crippen molar-refractivity contribution in [2.24, 2.45) is 5.92 Å². The van der Waals surface area contributed by atoms with E-state index in [1.54, 1.807) is 24.3 Å². The molecular weight excluding hydrogens is 694 g/mol. The van der Waals surface area contributed by atoms with Crippen LogP contribution in [-0.2, 0) is 32.6 Å². The Balaban J connectivity index is 1.84. The third kappa shape index (κ3) is 9.38. The number of ether oxygens (including phenoxy) is 2. The van der Waals surface area contributed by atoms with E-state index in [1.165, 1.54) is 37.3 Å². The zero-order valence-electron chi connectivity index (χ0n) is 27.9. The summed E-state index contributed by atoms with van der Waals surface area (Å²) in [5.74, 6) is 0.00522. The predicted octanol–water partition coefficient (Wildman–Crippen LogP) is 6.38. The summed E-state index contributed by atoms with van der Waals surface area (Å²) in [7, 11) is -1.33. The van der Waals surface area contributed by atoms with Crippen molar-refractivity contribution in [3.63, 3.8) is 0 Å². The number of nitrogens with one attached hydrogen (secondary N) is 1. The smallest absolute Gasteiger partial charge is 0.264 e. The van der Waals surface area contributed by atoms with E-state index in [-0.39, 0.29) is 35.4 Å². The fourth-order valence-corrected chi connectivity index (χ4v) is 7.01. The maximum Gasteiger partial charge on any atom is 0.264 e. The van der Waals surface area contributed by atoms with E-state index >= 15 is 0 Å². The number of rotatable bonds is 15. The molecule has 0 aliphatic heterocycles. The van der Waals surface area contributed by atoms with Crippen LogP contribution in [0.25, 0.3) is 0 Å². The van der Waals surface area contributed by atoms with Gasteiger partial charge in [0.15, 0.2) is 11.5 Å². The molecule has 48 heavy (non-hydrogen) atoms. The molecule has 0 unspecified atom stereocenters. The lowest BCUT2D eigenvalue weighted by molar-refractivity contribution is -0.140. The van der Waals surface area contributed by atoms with Crippen LogP contribution in [0.5, 0.6) is 11.5 Å². The average molecular weight is 737 g/mol. The summed E-state index contributed by atoms with van der Waals surface area (Å²) in [6.45, 7) is 5.75. The predicted molar refractivity (Wildman–Crippen MR) is 192 cm³/mol. The normalized spacial score (nSPS) is 11.9. The van der Waals surface area contributed by atoms with Gasteiger partial charge in [-0.2, -0.15) is 0 Å². The Labute approximate surface area is 292 Å². The summed E-state index contributed by atoms with van der Waals surface area (Å²) in [6.07, 6.45) is 0.228. The highest BCUT2D eigenvalue weighted by molar-refractivity contribution is 9.10. The van der Waals surface area contributed by atoms with E-state index in [0.29, 0.717) is 18.0 Å². The van der Waals surface area contributed by atoms with Crippen molar-refractivity contribution in [3.05, 3.63) is 118 Å². The number of nitrogens with zero attached hydrogens (tertiary/aromatic N) is 2. The van der Waals surface area contributed by atoms with E-state index in [4.69, 9.17) is 9.47 Å². The van der Waals surface area contributed by atoms with Crippen molar-refractivity contribution in [3.8, 4) is 11.5 Å². The van der Waals surface area contributed by atoms with Crippen molar-refractivity contribution in [1.82, 2.24) is 10.2 Å². The molecule has 0 saturated carbocycles. The first-order chi connectivity index (χ1) is 22.9. The average Bonchev–Trinajstić information content (AvgIpc) is 3.07. The number of carbonyl (C=O) groups excluding carboxylic acids is 2. The zero-order chi connectivity index (χ0) is 34.8. The topological polar surface area (TPSA) is 105 Å². The van der Waals surface area contributed by atoms with Gasteiger partial charge in [-0.25, -0.2) is 8.42 Å². The quantitative estimate of drug-likeness (QED) is 0.152. The zero-order valence-corrected chi connectivity index (χ0v) is 30.3. The third-order valence-corrected chi connectivity index (χ3v) is 10.0. The molecule has 1 atom stereocenters. The molecule has 0 aliphatic carbocycles. The molecule has 254 valence electrons. The van der Waals surface area contributed by atoms with Gasteiger partial charge in [0.05, 0.1) is 24.8 Å². The number of halogens is 1. The van der Waals surface area contributed by atoms with E-state index in [0.717, 1.165) is 25.5 Å². The van der Waals surface area contributed by atoms with E-state index in [9.17, 15) is 18.0 Å². The SMILES string of the molecule is COc1ccc(N(CC(=O)N(Cc2cccc(Br)c2)[C@H](Cc2ccccc2)C(=O)NCC(C)C)S(=O)(=O)c2ccc(C)cc2)cc1OC. The fourth-order valence-electron chi connectivity index (χ4n) is 5.15. The van der Waals surface area contributed by atoms with Crippen LogP contribution in [0.4, 0.5) is 5.69 Å². The van der Waals surface area contributed by atoms with Crippen LogP contribution < -0.4 is 19.1 Å². The standard InChI is InChI=1S/C37H42BrN3O6S/c1-26(2)23-39-37(43)33(21-28-10-7-6-8-11-28)40(24-29-12-9-13-30(38)20-29)36(42)25-41(31-16-19-34(46-4)35(22-31)47-5)48(44,45)32-17-14-27(3)15-18-32/h6-20,22,26,33H,21,23-25H2,1-5H3,(H,39,43)/t33-/m1/s1. The molecular formula is C37H42BrN3O6S. The van der Waals surface area contributed by atoms with Crippen molar-refractivity contribution in [2.45, 2.75) is 44.7 Å². The van der Waals surface area contributed by atoms with Gasteiger partial charge >= 0.3 is 0 Å². The maximum atomic E-state index is 14.7. The second-order valence-electron chi connectivity index (χ2n) is 11.9. The second kappa shape index (κ2) is 16.7. The second-order valence-corrected chi connectivity index (χ2v) is 14.6. The Morgan fingerprint density at radius 1 is 0.833 bits per heavy atom. The van der Waals surface area contributed by atoms with Gasteiger partial charge in [-0.05, 0) is 60.4 Å². The minimum Gasteiger partial charge on any atom is -0.493 e. The summed E-state index contributed by atoms with van der Waals surface area (Å²) < 4.78 is 41.4. The monoisotopic (exact) mass is 735 g/mol. The van der Waals surface area contributed by atoms with Gasteiger partial charge in [-0.1, -0.05) is 89.9 Å². The van der Waals surface area contributed by atoms with Crippen molar-refractivity contribution >= 4 is 43.5 Å². The Hall–Kier alpha value is -4.35. The third-order valence-electron chi connectivity index (χ3n) is 7.74. The molecule has 0 fully saturated rings. The number of amides is 2. The highest BCUT2D eigenvalue weighted by atomic mass is 79.9. The number of sulfonamides is 1. The van der Waals surface area contributed by atoms with E-state index in [1.807, 2.05) is 75.4 Å². The van der Waals surface area contributed by atoms with Crippen LogP contribution in [0.2, 0.25) is 0 Å². The van der Waals surface area contributed by atoms with Gasteiger partial charge < -0.3 is 19.7 Å². The molecule has 0 bridgehead atoms. The van der Waals surface area contributed by atoms with E-state index < -0.39 is 28.5 Å². The van der Waals surface area contributed by atoms with Gasteiger partial charge in [-0.3, -0.25) is 13.9 Å². The van der Waals surface area contributed by atoms with Gasteiger partial charge in [0.1, 0.15) is 12.6 Å². The minimum atomic E-state index is -4.27. The fraction of sp³-hybridized carbons (Fsp3) is 0.297. The lowest BCUT2D eigenvalue weighted by Gasteiger charge is -2.34. The Morgan fingerprint density at radius 2 is 1.50 bits per heavy atom. The van der Waals surface area contributed by atoms with Gasteiger partial charge in [0.25, 0.3) is 10.0 Å². The largest absolute Gasteiger partial charge is 0.493 e. The lowest BCUT2D eigenvalue weighted by atomic mass is 10.0. The number of methoxy groups -OCH3 is 2. The molecule has 0 aliphatic rings. The number of hydrogen-bond acceptors (Lipinski definition) is 6. The summed E-state index contributed by atoms with van der Waals surface area (Å²) in [6, 6.07) is 27.1. The number of anilines is 1. The van der Waals surface area contributed by atoms with Gasteiger partial charge in [-0.15, -0.1) is 0 Å². The molecule has 1 N–H and O–H groups in total. The van der Waals surface area contributed by atoms with Crippen LogP contribution >= 0.6 is 15.9 Å². The number of benzene rings is 4. The van der Waals surface area contributed by atoms with Crippen LogP contribution in [0.15, 0.2) is 106 Å². The first-order valence-electron chi connectivity index (χ1n) is 15.6. The van der Waals surface area contributed by atoms with Crippen molar-refractivity contribution in [1.29, 1.82) is 0 Å². The summed E-state index contributed by atoms with van der Waals surface area (Å²) in [5.41, 5.74) is 2.72. The van der Waals surface area contributed by atoms with E-state index in [2.05, 4.69) is 21.2 Å². The molecule has 9 nitrogen and oxygen atoms in total. The molecule has 0 saturated heterocycles. The van der Waals surface area contributed by atoms with Crippen molar-refractivity contribution in [2.75, 3.05) is 31.6 Å². The minimum absolute atomic E-state index is 0.0183. The molecule has 0 aromatic heterocycles. The van der Waals surface area contributed by atoms with Gasteiger partial charge in [0.2, 0.25) is 11.8 Å². The van der Waals surface area contributed by atoms with Crippen LogP contribution in [0.1, 0.15) is 30.5 Å². The van der Waals surface area contributed by atoms with Crippen LogP contribution in [0, 0.1) is 12.8 Å². The molecule has 0 heterocycles. The molecule has 11 heteroatoms. The molecule has 0 spiro atoms. The molecule has 4 aromatic rings. The highest BCUT2D eigenvalue weighted by Crippen LogP contribution is 2.34. The lowest BCUT2D eigenvalue weighted by Crippen LogP contribution is -2.53. The molecule has 4 aromatic carbocycles. The van der Waals surface area contributed by atoms with Crippen molar-refractivity contribution < 1.29 is 27.5 Å². The first-order valence-corrected chi connectivity index (χ1v) is 17.8. The summed E-state index contributed by atoms with van der Waals surface area (Å²) in [5, 5.41) is 3.00. The van der Waals surface area contributed by atoms with Crippen LogP contribution in [0.3, 0.4) is 0 Å². The van der Waals surface area contributed by atoms with Crippen LogP contribution in [-0.4, -0.2) is 58.5 Å². The van der Waals surface area contributed by atoms with Gasteiger partial charge in [0, 0.05) is 30.0 Å². The maximum absolute atomic E-state index is 14.7. The molecule has 2 amide bonds. The first kappa shape index (κ1) is 36.5. The number of carbonyl (C=O) groups is 2. The Kier molecular flexibility index (Phi) is 12.7. The molecule has 0 radical (unpaired) electrons.